The van der Waals surface area contributed by atoms with E-state index < -0.39 is 12.5 Å². The lowest BCUT2D eigenvalue weighted by Gasteiger charge is -2.31. The van der Waals surface area contributed by atoms with Crippen molar-refractivity contribution in [2.75, 3.05) is 29.0 Å². The fourth-order valence-electron chi connectivity index (χ4n) is 5.37. The van der Waals surface area contributed by atoms with Crippen molar-refractivity contribution in [3.63, 3.8) is 0 Å². The maximum atomic E-state index is 13.4. The Kier molecular flexibility index (Phi) is 10.7. The summed E-state index contributed by atoms with van der Waals surface area (Å²) in [4.78, 5) is 45.6. The van der Waals surface area contributed by atoms with Crippen LogP contribution in [0.3, 0.4) is 0 Å². The van der Waals surface area contributed by atoms with Crippen LogP contribution in [0.15, 0.2) is 79.0 Å². The van der Waals surface area contributed by atoms with Crippen LogP contribution < -0.4 is 16.0 Å². The lowest BCUT2D eigenvalue weighted by Crippen LogP contribution is -2.42. The molecule has 3 heterocycles. The molecule has 0 atom stereocenters. The van der Waals surface area contributed by atoms with Crippen LogP contribution in [-0.4, -0.2) is 52.2 Å². The lowest BCUT2D eigenvalue weighted by molar-refractivity contribution is -0.156. The van der Waals surface area contributed by atoms with Crippen LogP contribution in [-0.2, 0) is 33.6 Å². The number of amides is 2. The molecule has 3 aromatic carbocycles. The molecule has 13 heteroatoms. The molecule has 0 unspecified atom stereocenters. The zero-order valence-corrected chi connectivity index (χ0v) is 25.9. The highest BCUT2D eigenvalue weighted by atomic mass is 35.5. The number of aldehydes is 1. The van der Waals surface area contributed by atoms with E-state index in [4.69, 9.17) is 16.4 Å². The van der Waals surface area contributed by atoms with E-state index in [-0.39, 0.29) is 17.7 Å². The third kappa shape index (κ3) is 9.52. The summed E-state index contributed by atoms with van der Waals surface area (Å²) in [6.07, 6.45) is -0.917. The predicted molar refractivity (Wildman–Crippen MR) is 174 cm³/mol. The average molecular weight is 665 g/mol. The maximum Gasteiger partial charge on any atom is 0.446 e. The molecular weight excluding hydrogens is 633 g/mol. The van der Waals surface area contributed by atoms with Crippen molar-refractivity contribution in [2.45, 2.75) is 38.3 Å². The number of carbonyl (C=O) groups excluding carboxylic acids is 3. The van der Waals surface area contributed by atoms with Gasteiger partial charge in [0.05, 0.1) is 12.6 Å². The summed E-state index contributed by atoms with van der Waals surface area (Å²) in [5, 5.41) is 10.2. The van der Waals surface area contributed by atoms with Crippen molar-refractivity contribution in [1.82, 2.24) is 14.9 Å². The van der Waals surface area contributed by atoms with Crippen molar-refractivity contribution in [3.8, 4) is 0 Å². The molecular formula is C34H32ClF3N6O3. The van der Waals surface area contributed by atoms with Gasteiger partial charge in [0.25, 0.3) is 0 Å². The summed E-state index contributed by atoms with van der Waals surface area (Å²) in [6, 6.07) is 23.8. The molecule has 0 saturated carbocycles. The fourth-order valence-corrected chi connectivity index (χ4v) is 5.51. The highest BCUT2D eigenvalue weighted by Gasteiger charge is 2.28. The second-order valence-corrected chi connectivity index (χ2v) is 11.6. The summed E-state index contributed by atoms with van der Waals surface area (Å²) in [5.41, 5.74) is 5.69. The highest BCUT2D eigenvalue weighted by molar-refractivity contribution is 6.32. The van der Waals surface area contributed by atoms with Crippen LogP contribution in [0, 0.1) is 5.92 Å². The molecule has 3 N–H and O–H groups in total. The molecule has 1 aromatic heterocycles. The Morgan fingerprint density at radius 1 is 0.957 bits per heavy atom. The first-order valence-corrected chi connectivity index (χ1v) is 15.4. The second kappa shape index (κ2) is 15.1. The number of aromatic nitrogens is 2. The number of aryl methyl sites for hydroxylation is 2. The molecule has 4 aromatic rings. The van der Waals surface area contributed by atoms with Crippen molar-refractivity contribution >= 4 is 58.5 Å². The number of carbonyl (C=O) groups is 3. The number of fused-ring (bicyclic) bond motifs is 6. The Balaban J connectivity index is 0.000000662. The third-order valence-electron chi connectivity index (χ3n) is 7.79. The zero-order valence-electron chi connectivity index (χ0n) is 25.2. The standard InChI is InChI=1S/C32H31ClN6O2.C2HF3O/c33-27-20-34-32-36-25-8-4-7-22(17-25)9-10-24-19-26(35-30(27)38-32)11-12-28(24)37-31(41)23-13-15-39(16-14-23)29(40)18-21-5-2-1-3-6-21;3-2(4,5)1-6/h1-8,11-12,17,19-20,23H,9-10,13-16,18H2,(H,37,41)(H2,34,35,36,38);1H. The Bertz CT molecular complexity index is 1730. The number of halogens is 4. The van der Waals surface area contributed by atoms with Gasteiger partial charge in [0.1, 0.15) is 5.02 Å². The van der Waals surface area contributed by atoms with Gasteiger partial charge in [-0.3, -0.25) is 14.4 Å². The first-order valence-electron chi connectivity index (χ1n) is 15.0. The molecule has 244 valence electrons. The van der Waals surface area contributed by atoms with Gasteiger partial charge in [0.15, 0.2) is 5.82 Å². The number of hydrogen-bond acceptors (Lipinski definition) is 7. The van der Waals surface area contributed by atoms with Crippen LogP contribution in [0.25, 0.3) is 0 Å². The first-order chi connectivity index (χ1) is 22.6. The minimum Gasteiger partial charge on any atom is -0.342 e. The molecule has 1 saturated heterocycles. The molecule has 1 fully saturated rings. The lowest BCUT2D eigenvalue weighted by atomic mass is 9.94. The molecule has 47 heavy (non-hydrogen) atoms. The zero-order chi connectivity index (χ0) is 33.4. The maximum absolute atomic E-state index is 13.4. The van der Waals surface area contributed by atoms with E-state index in [1.54, 1.807) is 6.20 Å². The van der Waals surface area contributed by atoms with E-state index in [0.29, 0.717) is 49.1 Å². The van der Waals surface area contributed by atoms with Gasteiger partial charge in [-0.1, -0.05) is 54.1 Å². The smallest absolute Gasteiger partial charge is 0.342 e. The topological polar surface area (TPSA) is 116 Å². The predicted octanol–water partition coefficient (Wildman–Crippen LogP) is 6.88. The van der Waals surface area contributed by atoms with E-state index in [1.165, 1.54) is 0 Å². The number of benzene rings is 3. The van der Waals surface area contributed by atoms with Crippen molar-refractivity contribution in [1.29, 1.82) is 0 Å². The normalized spacial score (nSPS) is 14.4. The van der Waals surface area contributed by atoms with Crippen molar-refractivity contribution in [2.24, 2.45) is 5.92 Å². The largest absolute Gasteiger partial charge is 0.446 e. The summed E-state index contributed by atoms with van der Waals surface area (Å²) >= 11 is 6.39. The summed E-state index contributed by atoms with van der Waals surface area (Å²) < 4.78 is 31.2. The molecule has 2 aliphatic heterocycles. The Morgan fingerprint density at radius 3 is 2.40 bits per heavy atom. The van der Waals surface area contributed by atoms with Gasteiger partial charge in [-0.15, -0.1) is 0 Å². The van der Waals surface area contributed by atoms with Gasteiger partial charge in [-0.2, -0.15) is 18.2 Å². The first kappa shape index (κ1) is 33.4. The SMILES string of the molecule is O=C(Nc1ccc2cc1CCc1cccc(c1)Nc1ncc(Cl)c(n1)N2)C1CCN(C(=O)Cc2ccccc2)CC1.O=CC(F)(F)F. The Hall–Kier alpha value is -4.97. The quantitative estimate of drug-likeness (QED) is 0.204. The van der Waals surface area contributed by atoms with Gasteiger partial charge < -0.3 is 20.9 Å². The summed E-state index contributed by atoms with van der Waals surface area (Å²) in [7, 11) is 0. The van der Waals surface area contributed by atoms with E-state index in [2.05, 4.69) is 38.1 Å². The third-order valence-corrected chi connectivity index (χ3v) is 8.06. The van der Waals surface area contributed by atoms with Crippen LogP contribution in [0.5, 0.6) is 0 Å². The number of piperidine rings is 1. The summed E-state index contributed by atoms with van der Waals surface area (Å²) in [6.45, 7) is 1.18. The molecule has 6 rings (SSSR count). The molecule has 6 bridgehead atoms. The van der Waals surface area contributed by atoms with E-state index in [1.807, 2.05) is 65.6 Å². The number of nitrogens with one attached hydrogen (secondary N) is 3. The molecule has 2 aliphatic rings. The van der Waals surface area contributed by atoms with E-state index in [0.717, 1.165) is 46.6 Å². The second-order valence-electron chi connectivity index (χ2n) is 11.2. The number of alkyl halides is 3. The molecule has 9 nitrogen and oxygen atoms in total. The molecule has 2 amide bonds. The van der Waals surface area contributed by atoms with E-state index >= 15 is 0 Å². The number of rotatable bonds is 4. The number of hydrogen-bond donors (Lipinski definition) is 3. The van der Waals surface area contributed by atoms with E-state index in [9.17, 15) is 22.8 Å². The van der Waals surface area contributed by atoms with Gasteiger partial charge in [-0.25, -0.2) is 4.98 Å². The minimum absolute atomic E-state index is 0.00489. The molecule has 0 aliphatic carbocycles. The van der Waals surface area contributed by atoms with Gasteiger partial charge in [0.2, 0.25) is 24.0 Å². The monoisotopic (exact) mass is 664 g/mol. The van der Waals surface area contributed by atoms with Crippen LogP contribution in [0.1, 0.15) is 29.5 Å². The van der Waals surface area contributed by atoms with Crippen LogP contribution in [0.2, 0.25) is 5.02 Å². The Morgan fingerprint density at radius 2 is 1.68 bits per heavy atom. The highest BCUT2D eigenvalue weighted by Crippen LogP contribution is 2.30. The average Bonchev–Trinajstić information content (AvgIpc) is 3.07. The molecule has 0 spiro atoms. The number of likely N-dealkylation sites (tertiary alicyclic amines) is 1. The minimum atomic E-state index is -4.64. The van der Waals surface area contributed by atoms with Gasteiger partial charge >= 0.3 is 6.18 Å². The Labute approximate surface area is 274 Å². The number of anilines is 5. The fraction of sp³-hybridized carbons (Fsp3) is 0.265. The molecule has 0 radical (unpaired) electrons. The van der Waals surface area contributed by atoms with Gasteiger partial charge in [-0.05, 0) is 72.7 Å². The van der Waals surface area contributed by atoms with Crippen LogP contribution >= 0.6 is 11.6 Å². The summed E-state index contributed by atoms with van der Waals surface area (Å²) in [5.74, 6) is 0.909. The van der Waals surface area contributed by atoms with Crippen molar-refractivity contribution < 1.29 is 27.6 Å². The number of nitrogens with zero attached hydrogens (tertiary/aromatic N) is 3. The van der Waals surface area contributed by atoms with Gasteiger partial charge in [0, 0.05) is 36.1 Å². The van der Waals surface area contributed by atoms with Crippen LogP contribution in [0.4, 0.5) is 42.0 Å². The van der Waals surface area contributed by atoms with Crippen molar-refractivity contribution in [3.05, 3.63) is 101 Å².